The molecule has 0 spiro atoms. The molecule has 0 aromatic heterocycles. The second-order valence-electron chi connectivity index (χ2n) is 9.01. The molecule has 0 fully saturated rings. The monoisotopic (exact) mass is 764 g/mol. The normalized spacial score (nSPS) is 13.2. The standard InChI is InChI=1S/2C15H12BrClN2O3/c2*16-13(10-4-2-1-3-5-10)14(17)15(20)18-11-6-8-12(9-7-11)19(21)22/h2*1-9,13-14H,(H,18,20)/t2*13-,14-/m00/s1. The van der Waals surface area contributed by atoms with E-state index in [1.807, 2.05) is 60.7 Å². The first-order valence-corrected chi connectivity index (χ1v) is 15.4. The number of carbonyl (C=O) groups is 2. The Balaban J connectivity index is 0.000000240. The third kappa shape index (κ3) is 10.1. The van der Waals surface area contributed by atoms with Crippen molar-refractivity contribution in [2.75, 3.05) is 10.6 Å². The van der Waals surface area contributed by atoms with Gasteiger partial charge in [-0.2, -0.15) is 0 Å². The van der Waals surface area contributed by atoms with Gasteiger partial charge in [-0.1, -0.05) is 92.5 Å². The zero-order valence-corrected chi connectivity index (χ0v) is 27.2. The minimum absolute atomic E-state index is 0.0388. The largest absolute Gasteiger partial charge is 0.325 e. The molecule has 0 aliphatic carbocycles. The lowest BCUT2D eigenvalue weighted by Crippen LogP contribution is -2.26. The fourth-order valence-electron chi connectivity index (χ4n) is 3.63. The van der Waals surface area contributed by atoms with Gasteiger partial charge in [0.1, 0.15) is 10.8 Å². The molecule has 0 aliphatic rings. The highest BCUT2D eigenvalue weighted by atomic mass is 79.9. The molecule has 0 saturated carbocycles. The number of anilines is 2. The molecule has 44 heavy (non-hydrogen) atoms. The van der Waals surface area contributed by atoms with Gasteiger partial charge in [-0.25, -0.2) is 0 Å². The van der Waals surface area contributed by atoms with Crippen LogP contribution >= 0.6 is 55.1 Å². The van der Waals surface area contributed by atoms with Crippen LogP contribution in [0.1, 0.15) is 20.8 Å². The number of hydrogen-bond donors (Lipinski definition) is 2. The van der Waals surface area contributed by atoms with Gasteiger partial charge in [0.25, 0.3) is 11.4 Å². The Morgan fingerprint density at radius 2 is 0.864 bits per heavy atom. The van der Waals surface area contributed by atoms with Gasteiger partial charge in [-0.3, -0.25) is 29.8 Å². The Morgan fingerprint density at radius 3 is 1.14 bits per heavy atom. The van der Waals surface area contributed by atoms with Crippen LogP contribution in [-0.4, -0.2) is 32.4 Å². The van der Waals surface area contributed by atoms with E-state index in [9.17, 15) is 29.8 Å². The number of nitro groups is 2. The maximum absolute atomic E-state index is 12.1. The minimum Gasteiger partial charge on any atom is -0.325 e. The number of non-ortho nitro benzene ring substituents is 2. The molecule has 0 heterocycles. The van der Waals surface area contributed by atoms with Gasteiger partial charge in [0.05, 0.1) is 19.5 Å². The van der Waals surface area contributed by atoms with E-state index in [1.54, 1.807) is 0 Å². The highest BCUT2D eigenvalue weighted by Crippen LogP contribution is 2.32. The second kappa shape index (κ2) is 16.9. The summed E-state index contributed by atoms with van der Waals surface area (Å²) in [7, 11) is 0. The number of nitrogens with one attached hydrogen (secondary N) is 2. The van der Waals surface area contributed by atoms with Crippen LogP contribution in [0.25, 0.3) is 0 Å². The lowest BCUT2D eigenvalue weighted by Gasteiger charge is -2.16. The summed E-state index contributed by atoms with van der Waals surface area (Å²) in [5, 5.41) is 24.8. The van der Waals surface area contributed by atoms with Crippen LogP contribution in [0.2, 0.25) is 0 Å². The summed E-state index contributed by atoms with van der Waals surface area (Å²) in [6, 6.07) is 29.8. The van der Waals surface area contributed by atoms with E-state index in [1.165, 1.54) is 48.5 Å². The third-order valence-electron chi connectivity index (χ3n) is 5.94. The first kappa shape index (κ1) is 34.6. The molecule has 14 heteroatoms. The highest BCUT2D eigenvalue weighted by Gasteiger charge is 2.26. The average molecular weight is 767 g/mol. The van der Waals surface area contributed by atoms with Crippen molar-refractivity contribution in [3.8, 4) is 0 Å². The molecular formula is C30H24Br2Cl2N4O6. The number of alkyl halides is 4. The van der Waals surface area contributed by atoms with Crippen molar-refractivity contribution in [3.05, 3.63) is 141 Å². The van der Waals surface area contributed by atoms with E-state index in [2.05, 4.69) is 42.5 Å². The van der Waals surface area contributed by atoms with E-state index in [0.717, 1.165) is 11.1 Å². The Bertz CT molecular complexity index is 1450. The lowest BCUT2D eigenvalue weighted by molar-refractivity contribution is -0.385. The molecule has 2 amide bonds. The number of nitro benzene ring substituents is 2. The Hall–Kier alpha value is -3.84. The van der Waals surface area contributed by atoms with E-state index in [4.69, 9.17) is 23.2 Å². The Morgan fingerprint density at radius 1 is 0.568 bits per heavy atom. The predicted molar refractivity (Wildman–Crippen MR) is 179 cm³/mol. The summed E-state index contributed by atoms with van der Waals surface area (Å²) in [5.74, 6) is -0.775. The number of rotatable bonds is 10. The molecule has 4 aromatic rings. The van der Waals surface area contributed by atoms with Crippen molar-refractivity contribution in [1.82, 2.24) is 0 Å². The Kier molecular flexibility index (Phi) is 13.3. The summed E-state index contributed by atoms with van der Waals surface area (Å²) in [6.07, 6.45) is 0. The van der Waals surface area contributed by atoms with Crippen LogP contribution < -0.4 is 10.6 Å². The van der Waals surface area contributed by atoms with Gasteiger partial charge in [0, 0.05) is 35.6 Å². The molecule has 0 unspecified atom stereocenters. The molecule has 0 aliphatic heterocycles. The molecule has 2 N–H and O–H groups in total. The van der Waals surface area contributed by atoms with Crippen molar-refractivity contribution >= 4 is 89.6 Å². The smallest absolute Gasteiger partial charge is 0.269 e. The summed E-state index contributed by atoms with van der Waals surface area (Å²) < 4.78 is 0. The van der Waals surface area contributed by atoms with Crippen molar-refractivity contribution < 1.29 is 19.4 Å². The van der Waals surface area contributed by atoms with Crippen molar-refractivity contribution in [2.45, 2.75) is 20.4 Å². The summed E-state index contributed by atoms with van der Waals surface area (Å²) in [6.45, 7) is 0. The minimum atomic E-state index is -0.822. The zero-order valence-electron chi connectivity index (χ0n) is 22.6. The van der Waals surface area contributed by atoms with Crippen molar-refractivity contribution in [1.29, 1.82) is 0 Å². The molecular weight excluding hydrogens is 743 g/mol. The maximum atomic E-state index is 12.1. The second-order valence-corrected chi connectivity index (χ2v) is 11.9. The van der Waals surface area contributed by atoms with Gasteiger partial charge in [0.2, 0.25) is 11.8 Å². The van der Waals surface area contributed by atoms with Crippen LogP contribution in [0.4, 0.5) is 22.7 Å². The summed E-state index contributed by atoms with van der Waals surface area (Å²) in [4.78, 5) is 43.8. The molecule has 0 radical (unpaired) electrons. The van der Waals surface area contributed by atoms with Crippen LogP contribution in [0.5, 0.6) is 0 Å². The van der Waals surface area contributed by atoms with Crippen LogP contribution in [0.15, 0.2) is 109 Å². The number of amides is 2. The zero-order chi connectivity index (χ0) is 32.2. The van der Waals surface area contributed by atoms with E-state index >= 15 is 0 Å². The van der Waals surface area contributed by atoms with Crippen molar-refractivity contribution in [3.63, 3.8) is 0 Å². The Labute approximate surface area is 279 Å². The quantitative estimate of drug-likeness (QED) is 0.0941. The third-order valence-corrected chi connectivity index (χ3v) is 9.57. The fraction of sp³-hybridized carbons (Fsp3) is 0.133. The molecule has 10 nitrogen and oxygen atoms in total. The highest BCUT2D eigenvalue weighted by molar-refractivity contribution is 9.09. The van der Waals surface area contributed by atoms with Crippen LogP contribution in [0, 0.1) is 20.2 Å². The number of benzene rings is 4. The predicted octanol–water partition coefficient (Wildman–Crippen LogP) is 8.55. The molecule has 4 atom stereocenters. The summed E-state index contributed by atoms with van der Waals surface area (Å²) >= 11 is 19.2. The summed E-state index contributed by atoms with van der Waals surface area (Å²) in [5.41, 5.74) is 2.61. The van der Waals surface area contributed by atoms with E-state index < -0.39 is 20.6 Å². The fourth-order valence-corrected chi connectivity index (χ4v) is 5.12. The van der Waals surface area contributed by atoms with Gasteiger partial charge < -0.3 is 10.6 Å². The molecule has 0 saturated heterocycles. The topological polar surface area (TPSA) is 144 Å². The van der Waals surface area contributed by atoms with Crippen LogP contribution in [0.3, 0.4) is 0 Å². The lowest BCUT2D eigenvalue weighted by atomic mass is 10.1. The van der Waals surface area contributed by atoms with Crippen molar-refractivity contribution in [2.24, 2.45) is 0 Å². The SMILES string of the molecule is O=C(Nc1ccc([N+](=O)[O-])cc1)[C@@H](Cl)[C@@H](Br)c1ccccc1.O=C(Nc1ccc([N+](=O)[O-])cc1)[C@@H](Cl)[C@@H](Br)c1ccccc1. The molecule has 0 bridgehead atoms. The average Bonchev–Trinajstić information content (AvgIpc) is 3.04. The molecule has 228 valence electrons. The van der Waals surface area contributed by atoms with E-state index in [-0.39, 0.29) is 32.8 Å². The maximum Gasteiger partial charge on any atom is 0.269 e. The number of nitrogens with zero attached hydrogens (tertiary/aromatic N) is 2. The van der Waals surface area contributed by atoms with Gasteiger partial charge in [-0.05, 0) is 35.4 Å². The van der Waals surface area contributed by atoms with Gasteiger partial charge in [-0.15, -0.1) is 23.2 Å². The number of halogens is 4. The van der Waals surface area contributed by atoms with Crippen LogP contribution in [-0.2, 0) is 9.59 Å². The number of hydrogen-bond acceptors (Lipinski definition) is 6. The first-order chi connectivity index (χ1) is 21.0. The van der Waals surface area contributed by atoms with Gasteiger partial charge in [0.15, 0.2) is 0 Å². The molecule has 4 rings (SSSR count). The van der Waals surface area contributed by atoms with E-state index in [0.29, 0.717) is 11.4 Å². The van der Waals surface area contributed by atoms with Gasteiger partial charge >= 0.3 is 0 Å². The number of carbonyl (C=O) groups excluding carboxylic acids is 2. The first-order valence-electron chi connectivity index (χ1n) is 12.7. The molecule has 4 aromatic carbocycles.